The number of carbonyl (C=O) groups is 2. The zero-order chi connectivity index (χ0) is 75.5. The van der Waals surface area contributed by atoms with E-state index in [0.717, 1.165) is 62.9 Å². The zero-order valence-electron chi connectivity index (χ0n) is 67.8. The van der Waals surface area contributed by atoms with Gasteiger partial charge in [-0.3, -0.25) is 28.3 Å². The highest BCUT2D eigenvalue weighted by Crippen LogP contribution is 2.34. The molecule has 0 unspecified atom stereocenters. The predicted molar refractivity (Wildman–Crippen MR) is 257 cm³/mol. The summed E-state index contributed by atoms with van der Waals surface area (Å²) in [6.07, 6.45) is -24.6. The number of hydrogen-bond donors (Lipinski definition) is 4. The Morgan fingerprint density at radius 2 is 1.05 bits per heavy atom. The molecular weight excluding hydrogens is 837 g/mol. The number of fused-ring (bicyclic) bond motifs is 2. The molecule has 4 N–H and O–H groups in total. The first-order valence-corrected chi connectivity index (χ1v) is 19.4. The van der Waals surface area contributed by atoms with Crippen LogP contribution in [-0.4, -0.2) is 103 Å². The normalized spacial score (nSPS) is 37.1. The van der Waals surface area contributed by atoms with Crippen molar-refractivity contribution in [2.24, 2.45) is 0 Å². The van der Waals surface area contributed by atoms with Crippen LogP contribution in [-0.2, 0) is 0 Å². The van der Waals surface area contributed by atoms with Gasteiger partial charge in [0.05, 0.1) is 47.2 Å². The average molecular weight is 928 g/mol. The molecule has 18 heteroatoms. The Balaban J connectivity index is 0.000000231. The van der Waals surface area contributed by atoms with Crippen molar-refractivity contribution in [1.82, 2.24) is 49.7 Å². The molecule has 0 aromatic carbocycles. The predicted octanol–water partition coefficient (Wildman–Crippen LogP) is 5.93. The third kappa shape index (κ3) is 9.11. The number of nitrogens with one attached hydrogen (secondary N) is 4. The molecule has 0 radical (unpaired) electrons. The summed E-state index contributed by atoms with van der Waals surface area (Å²) in [5.74, 6) is -2.72. The Bertz CT molecular complexity index is 4370. The maximum absolute atomic E-state index is 13.9. The number of aryl methyl sites for hydroxylation is 2. The van der Waals surface area contributed by atoms with E-state index < -0.39 is 166 Å². The van der Waals surface area contributed by atoms with Crippen molar-refractivity contribution in [3.63, 3.8) is 0 Å². The van der Waals surface area contributed by atoms with E-state index in [4.69, 9.17) is 45.2 Å². The Labute approximate surface area is 429 Å². The Morgan fingerprint density at radius 3 is 1.47 bits per heavy atom. The van der Waals surface area contributed by atoms with Crippen LogP contribution < -0.4 is 42.2 Å². The summed E-state index contributed by atoms with van der Waals surface area (Å²) in [6, 6.07) is -1.70. The first-order valence-electron chi connectivity index (χ1n) is 35.9. The van der Waals surface area contributed by atoms with Crippen molar-refractivity contribution in [1.29, 1.82) is 0 Å². The Kier molecular flexibility index (Phi) is 5.91. The molecule has 6 aromatic heterocycles. The highest BCUT2D eigenvalue weighted by molar-refractivity contribution is 6.00. The molecule has 2 aliphatic heterocycles. The van der Waals surface area contributed by atoms with E-state index in [0.29, 0.717) is 4.57 Å². The number of ketones is 2. The molecule has 0 bridgehead atoms. The number of aromatic nitrogens is 8. The van der Waals surface area contributed by atoms with Crippen molar-refractivity contribution in [2.75, 3.05) is 72.4 Å². The van der Waals surface area contributed by atoms with Crippen LogP contribution in [0.15, 0.2) is 58.6 Å². The Morgan fingerprint density at radius 1 is 0.621 bits per heavy atom. The molecule has 8 heterocycles. The van der Waals surface area contributed by atoms with Crippen LogP contribution in [0.5, 0.6) is 0 Å². The van der Waals surface area contributed by atoms with E-state index in [9.17, 15) is 19.2 Å². The van der Waals surface area contributed by atoms with Crippen LogP contribution in [0.3, 0.4) is 0 Å². The van der Waals surface area contributed by atoms with Gasteiger partial charge in [0.2, 0.25) is 11.9 Å². The van der Waals surface area contributed by atoms with Gasteiger partial charge in [-0.15, -0.1) is 0 Å². The van der Waals surface area contributed by atoms with Crippen LogP contribution in [0.1, 0.15) is 154 Å². The molecule has 18 nitrogen and oxygen atoms in total. The molecule has 4 aliphatic rings. The minimum absolute atomic E-state index is 0.0370. The number of piperazine rings is 2. The lowest BCUT2D eigenvalue weighted by Crippen LogP contribution is -2.43. The van der Waals surface area contributed by atoms with Gasteiger partial charge in [-0.05, 0) is 88.6 Å². The fourth-order valence-corrected chi connectivity index (χ4v) is 6.86. The Hall–Kier alpha value is -6.66. The lowest BCUT2D eigenvalue weighted by molar-refractivity contribution is 0.100. The van der Waals surface area contributed by atoms with E-state index in [1.165, 1.54) is 13.8 Å². The third-order valence-corrected chi connectivity index (χ3v) is 9.89. The topological polar surface area (TPSA) is 210 Å². The van der Waals surface area contributed by atoms with Gasteiger partial charge < -0.3 is 31.1 Å². The summed E-state index contributed by atoms with van der Waals surface area (Å²) in [5, 5.41) is 8.49. The number of nitrogens with zero attached hydrogens (tertiary/aromatic N) is 10. The largest absolute Gasteiger partial charge is 0.368 e. The molecule has 66 heavy (non-hydrogen) atoms. The number of Topliss-reactive ketones (excluding diaryl/α,β-unsaturated/α-hetero) is 2. The summed E-state index contributed by atoms with van der Waals surface area (Å²) in [7, 11) is 0. The fourth-order valence-electron chi connectivity index (χ4n) is 6.86. The van der Waals surface area contributed by atoms with Gasteiger partial charge in [0.1, 0.15) is 22.9 Å². The first-order chi connectivity index (χ1) is 44.4. The highest BCUT2D eigenvalue weighted by atomic mass is 16.2. The second-order valence-electron chi connectivity index (χ2n) is 14.0. The van der Waals surface area contributed by atoms with Crippen LogP contribution in [0.4, 0.5) is 34.9 Å². The van der Waals surface area contributed by atoms with E-state index >= 15 is 0 Å². The number of carbonyl (C=O) groups excluding carboxylic acids is 2. The van der Waals surface area contributed by atoms with Crippen molar-refractivity contribution in [3.8, 4) is 0 Å². The molecule has 2 aliphatic carbocycles. The summed E-state index contributed by atoms with van der Waals surface area (Å²) < 4.78 is 274. The van der Waals surface area contributed by atoms with Gasteiger partial charge in [-0.2, -0.15) is 9.97 Å². The van der Waals surface area contributed by atoms with Gasteiger partial charge in [-0.1, -0.05) is 25.5 Å². The van der Waals surface area contributed by atoms with E-state index in [1.54, 1.807) is 10.6 Å². The molecule has 0 amide bonds. The second-order valence-corrected chi connectivity index (χ2v) is 14.0. The minimum Gasteiger partial charge on any atom is -0.368 e. The van der Waals surface area contributed by atoms with Gasteiger partial charge in [0.25, 0.3) is 11.1 Å². The summed E-state index contributed by atoms with van der Waals surface area (Å²) in [5.41, 5.74) is -5.68. The molecular formula is C48H58N14O4. The third-order valence-electron chi connectivity index (χ3n) is 9.89. The quantitative estimate of drug-likeness (QED) is 0.117. The van der Waals surface area contributed by atoms with Crippen LogP contribution in [0, 0.1) is 13.8 Å². The second kappa shape index (κ2) is 19.4. The molecule has 4 fully saturated rings. The SMILES string of the molecule is [2H]C1([2H])NC([2H])([2H])C([2H])([2H])N(c2ccc(Nc3ncc4c(C)c(C(C)=O)c(=O)n(C5([2H])C([2H])([2H])C([2H])([2H])C([2H])([2H])C5([2H])[2H])c4n3)nc2)C1([2H])[2H].[2H]C1([2H])NC([2H])([2H])C([2H])([2H])N(c2ccc(Nc3ncc4c(C)c(C(C)=O)c(=O)n(C5C([2H])([2H])C([2H])([2H])C([2H])([2H])C5([2H])[2H])c4n3)nc2)C1([2H])[2H]. The first kappa shape index (κ1) is 20.1. The molecule has 0 spiro atoms. The smallest absolute Gasteiger partial charge is 0.263 e. The number of hydrogen-bond acceptors (Lipinski definition) is 16. The summed E-state index contributed by atoms with van der Waals surface area (Å²) in [6.45, 7) is -20.1. The average Bonchev–Trinajstić information content (AvgIpc) is 1.51. The summed E-state index contributed by atoms with van der Waals surface area (Å²) in [4.78, 5) is 78.1. The number of anilines is 6. The monoisotopic (exact) mass is 928 g/mol. The standard InChI is InChI=1S/2C24H29N7O2/c2*1-15-19-14-27-24(28-20-8-7-18(13-26-20)30-11-9-25-10-12-30)29-22(19)31(17-5-3-4-6-17)23(33)21(15)16(2)32/h2*7-8,13-14,17,25H,3-6,9-12H2,1-2H3,(H,26,27,28,29)/i3D2,4D2,5D2,6D2,9D2,10D2,11D2,12D2,17D;3D2,4D2,5D2,6D2,9D2,10D2,11D2,12D2. The van der Waals surface area contributed by atoms with E-state index in [2.05, 4.69) is 40.5 Å². The maximum Gasteiger partial charge on any atom is 0.263 e. The number of pyridine rings is 4. The lowest BCUT2D eigenvalue weighted by atomic mass is 10.0. The van der Waals surface area contributed by atoms with Crippen LogP contribution in [0.25, 0.3) is 22.1 Å². The summed E-state index contributed by atoms with van der Waals surface area (Å²) >= 11 is 0. The molecule has 2 saturated heterocycles. The minimum atomic E-state index is -3.76. The molecule has 0 atom stereocenters. The van der Waals surface area contributed by atoms with E-state index in [-0.39, 0.29) is 65.2 Å². The fraction of sp³-hybridized carbons (Fsp3) is 0.458. The lowest BCUT2D eigenvalue weighted by Gasteiger charge is -2.29. The maximum atomic E-state index is 13.9. The zero-order valence-corrected chi connectivity index (χ0v) is 34.8. The van der Waals surface area contributed by atoms with Crippen molar-refractivity contribution in [3.05, 3.63) is 92.0 Å². The van der Waals surface area contributed by atoms with Crippen LogP contribution >= 0.6 is 0 Å². The molecule has 10 rings (SSSR count). The van der Waals surface area contributed by atoms with E-state index in [1.807, 2.05) is 0 Å². The van der Waals surface area contributed by atoms with Crippen LogP contribution in [0.2, 0.25) is 0 Å². The van der Waals surface area contributed by atoms with Gasteiger partial charge in [0.15, 0.2) is 11.6 Å². The van der Waals surface area contributed by atoms with Crippen molar-refractivity contribution >= 4 is 68.5 Å². The van der Waals surface area contributed by atoms with Gasteiger partial charge in [-0.25, -0.2) is 19.9 Å². The van der Waals surface area contributed by atoms with Gasteiger partial charge in [0, 0.05) is 120 Å². The van der Waals surface area contributed by atoms with Crippen molar-refractivity contribution < 1.29 is 54.8 Å². The van der Waals surface area contributed by atoms with Crippen molar-refractivity contribution in [2.45, 2.75) is 90.7 Å². The molecule has 344 valence electrons. The van der Waals surface area contributed by atoms with Gasteiger partial charge >= 0.3 is 0 Å². The highest BCUT2D eigenvalue weighted by Gasteiger charge is 2.28. The molecule has 2 saturated carbocycles. The number of rotatable bonds is 10. The molecule has 6 aromatic rings.